The maximum Gasteiger partial charge on any atom is 0.315 e. The highest BCUT2D eigenvalue weighted by atomic mass is 16.6. The molecule has 0 bridgehead atoms. The van der Waals surface area contributed by atoms with Gasteiger partial charge in [0.15, 0.2) is 0 Å². The van der Waals surface area contributed by atoms with E-state index in [4.69, 9.17) is 9.47 Å². The molecule has 2 aromatic rings. The predicted molar refractivity (Wildman–Crippen MR) is 104 cm³/mol. The first kappa shape index (κ1) is 18.5. The monoisotopic (exact) mass is 398 g/mol. The van der Waals surface area contributed by atoms with E-state index in [0.29, 0.717) is 18.9 Å². The van der Waals surface area contributed by atoms with Crippen molar-refractivity contribution in [2.45, 2.75) is 62.4 Å². The van der Waals surface area contributed by atoms with Gasteiger partial charge >= 0.3 is 6.03 Å². The van der Waals surface area contributed by atoms with Crippen molar-refractivity contribution < 1.29 is 14.3 Å². The number of nitrogens with zero attached hydrogens (tertiary/aromatic N) is 4. The maximum absolute atomic E-state index is 12.4. The summed E-state index contributed by atoms with van der Waals surface area (Å²) in [7, 11) is 0. The summed E-state index contributed by atoms with van der Waals surface area (Å²) in [5.41, 5.74) is 1.49. The average molecular weight is 398 g/mol. The van der Waals surface area contributed by atoms with Gasteiger partial charge in [-0.3, -0.25) is 4.98 Å². The van der Waals surface area contributed by atoms with Crippen LogP contribution in [0.15, 0.2) is 30.6 Å². The number of carbonyl (C=O) groups is 1. The highest BCUT2D eigenvalue weighted by molar-refractivity contribution is 5.74. The van der Waals surface area contributed by atoms with Gasteiger partial charge in [0.25, 0.3) is 0 Å². The Morgan fingerprint density at radius 2 is 1.90 bits per heavy atom. The lowest BCUT2D eigenvalue weighted by molar-refractivity contribution is 0.0622. The molecule has 2 aliphatic heterocycles. The number of rotatable bonds is 4. The molecule has 5 rings (SSSR count). The van der Waals surface area contributed by atoms with E-state index in [0.717, 1.165) is 18.5 Å². The van der Waals surface area contributed by atoms with Crippen LogP contribution in [0.3, 0.4) is 0 Å². The lowest BCUT2D eigenvalue weighted by Crippen LogP contribution is -2.50. The largest absolute Gasteiger partial charge is 0.371 e. The van der Waals surface area contributed by atoms with Crippen LogP contribution in [0.4, 0.5) is 4.79 Å². The summed E-state index contributed by atoms with van der Waals surface area (Å²) in [6, 6.07) is 5.61. The Bertz CT molecular complexity index is 838. The topological polar surface area (TPSA) is 103 Å². The minimum atomic E-state index is -0.181. The molecule has 1 aliphatic carbocycles. The molecule has 29 heavy (non-hydrogen) atoms. The summed E-state index contributed by atoms with van der Waals surface area (Å²) in [4.78, 5) is 16.7. The second kappa shape index (κ2) is 8.08. The normalized spacial score (nSPS) is 29.5. The molecule has 4 atom stereocenters. The summed E-state index contributed by atoms with van der Waals surface area (Å²) in [5, 5.41) is 14.6. The van der Waals surface area contributed by atoms with E-state index in [2.05, 4.69) is 25.9 Å². The molecule has 0 unspecified atom stereocenters. The van der Waals surface area contributed by atoms with Gasteiger partial charge in [-0.2, -0.15) is 0 Å². The summed E-state index contributed by atoms with van der Waals surface area (Å²) >= 11 is 0. The van der Waals surface area contributed by atoms with Gasteiger partial charge < -0.3 is 20.1 Å². The molecule has 4 heterocycles. The number of hydrogen-bond donors (Lipinski definition) is 2. The SMILES string of the molecule is O=C(NC1CCCCC1)N[C@H]1CO[C@H]2[C@@H]1OC[C@@H]2n1cc(-c2ccccn2)nn1. The first-order valence-corrected chi connectivity index (χ1v) is 10.4. The van der Waals surface area contributed by atoms with Gasteiger partial charge in [-0.1, -0.05) is 30.5 Å². The number of ether oxygens (including phenoxy) is 2. The first-order valence-electron chi connectivity index (χ1n) is 10.4. The van der Waals surface area contributed by atoms with Crippen LogP contribution in [0.25, 0.3) is 11.4 Å². The van der Waals surface area contributed by atoms with Crippen LogP contribution in [0.2, 0.25) is 0 Å². The summed E-state index contributed by atoms with van der Waals surface area (Å²) in [6.45, 7) is 0.911. The number of urea groups is 1. The molecule has 9 heteroatoms. The van der Waals surface area contributed by atoms with Crippen molar-refractivity contribution in [3.8, 4) is 11.4 Å². The van der Waals surface area contributed by atoms with E-state index < -0.39 is 0 Å². The first-order chi connectivity index (χ1) is 14.3. The third-order valence-electron chi connectivity index (χ3n) is 6.06. The Balaban J connectivity index is 1.20. The minimum absolute atomic E-state index is 0.0711. The Kier molecular flexibility index (Phi) is 5.15. The van der Waals surface area contributed by atoms with Crippen LogP contribution in [0.5, 0.6) is 0 Å². The third-order valence-corrected chi connectivity index (χ3v) is 6.06. The second-order valence-corrected chi connectivity index (χ2v) is 8.02. The molecule has 2 aromatic heterocycles. The average Bonchev–Trinajstić information content (AvgIpc) is 3.47. The van der Waals surface area contributed by atoms with Crippen molar-refractivity contribution in [2.75, 3.05) is 13.2 Å². The Morgan fingerprint density at radius 1 is 1.03 bits per heavy atom. The molecule has 9 nitrogen and oxygen atoms in total. The van der Waals surface area contributed by atoms with E-state index in [1.54, 1.807) is 10.9 Å². The molecule has 0 radical (unpaired) electrons. The standard InChI is InChI=1S/C20H26N6O3/c27-20(22-13-6-2-1-3-7-13)23-16-11-28-19-17(12-29-18(16)19)26-10-15(24-25-26)14-8-4-5-9-21-14/h4-5,8-10,13,16-19H,1-3,6-7,11-12H2,(H2,22,23,27)/t16-,17-,18+,19+/m0/s1. The highest BCUT2D eigenvalue weighted by Gasteiger charge is 2.49. The summed E-state index contributed by atoms with van der Waals surface area (Å²) < 4.78 is 13.8. The maximum atomic E-state index is 12.4. The fraction of sp³-hybridized carbons (Fsp3) is 0.600. The van der Waals surface area contributed by atoms with Gasteiger partial charge in [0.05, 0.1) is 31.1 Å². The predicted octanol–water partition coefficient (Wildman–Crippen LogP) is 1.68. The van der Waals surface area contributed by atoms with Crippen LogP contribution in [0.1, 0.15) is 38.1 Å². The Labute approximate surface area is 169 Å². The number of nitrogens with one attached hydrogen (secondary N) is 2. The number of aromatic nitrogens is 4. The molecule has 2 amide bonds. The fourth-order valence-electron chi connectivity index (χ4n) is 4.54. The number of amides is 2. The Morgan fingerprint density at radius 3 is 2.72 bits per heavy atom. The zero-order valence-electron chi connectivity index (χ0n) is 16.2. The zero-order valence-corrected chi connectivity index (χ0v) is 16.2. The molecule has 3 aliphatic rings. The smallest absolute Gasteiger partial charge is 0.315 e. The minimum Gasteiger partial charge on any atom is -0.371 e. The lowest BCUT2D eigenvalue weighted by atomic mass is 9.96. The second-order valence-electron chi connectivity index (χ2n) is 8.02. The van der Waals surface area contributed by atoms with Gasteiger partial charge in [-0.15, -0.1) is 5.10 Å². The quantitative estimate of drug-likeness (QED) is 0.812. The van der Waals surface area contributed by atoms with E-state index in [-0.39, 0.29) is 36.4 Å². The molecular weight excluding hydrogens is 372 g/mol. The summed E-state index contributed by atoms with van der Waals surface area (Å²) in [6.07, 6.45) is 9.02. The zero-order chi connectivity index (χ0) is 19.6. The molecule has 3 fully saturated rings. The highest BCUT2D eigenvalue weighted by Crippen LogP contribution is 2.34. The number of hydrogen-bond acceptors (Lipinski definition) is 6. The molecular formula is C20H26N6O3. The van der Waals surface area contributed by atoms with Crippen molar-refractivity contribution in [1.29, 1.82) is 0 Å². The van der Waals surface area contributed by atoms with Gasteiger partial charge in [-0.25, -0.2) is 9.48 Å². The van der Waals surface area contributed by atoms with Crippen molar-refractivity contribution in [3.05, 3.63) is 30.6 Å². The number of carbonyl (C=O) groups excluding carboxylic acids is 1. The number of fused-ring (bicyclic) bond motifs is 1. The van der Waals surface area contributed by atoms with Crippen molar-refractivity contribution >= 4 is 6.03 Å². The van der Waals surface area contributed by atoms with Crippen molar-refractivity contribution in [2.24, 2.45) is 0 Å². The molecule has 2 N–H and O–H groups in total. The van der Waals surface area contributed by atoms with Crippen molar-refractivity contribution in [1.82, 2.24) is 30.6 Å². The fourth-order valence-corrected chi connectivity index (χ4v) is 4.54. The van der Waals surface area contributed by atoms with E-state index in [9.17, 15) is 4.79 Å². The molecule has 154 valence electrons. The lowest BCUT2D eigenvalue weighted by Gasteiger charge is -2.24. The van der Waals surface area contributed by atoms with Gasteiger partial charge in [0, 0.05) is 12.2 Å². The van der Waals surface area contributed by atoms with Gasteiger partial charge in [0.2, 0.25) is 0 Å². The van der Waals surface area contributed by atoms with Crippen LogP contribution in [0, 0.1) is 0 Å². The van der Waals surface area contributed by atoms with Crippen molar-refractivity contribution in [3.63, 3.8) is 0 Å². The molecule has 2 saturated heterocycles. The van der Waals surface area contributed by atoms with Gasteiger partial charge in [0.1, 0.15) is 23.9 Å². The molecule has 0 aromatic carbocycles. The molecule has 1 saturated carbocycles. The summed E-state index contributed by atoms with van der Waals surface area (Å²) in [5.74, 6) is 0. The van der Waals surface area contributed by atoms with Gasteiger partial charge in [-0.05, 0) is 25.0 Å². The Hall–Kier alpha value is -2.52. The van der Waals surface area contributed by atoms with Crippen LogP contribution < -0.4 is 10.6 Å². The van der Waals surface area contributed by atoms with Crippen LogP contribution >= 0.6 is 0 Å². The number of pyridine rings is 1. The third kappa shape index (κ3) is 3.84. The van der Waals surface area contributed by atoms with Crippen LogP contribution in [-0.2, 0) is 9.47 Å². The van der Waals surface area contributed by atoms with E-state index >= 15 is 0 Å². The van der Waals surface area contributed by atoms with E-state index in [1.165, 1.54) is 19.3 Å². The van der Waals surface area contributed by atoms with E-state index in [1.807, 2.05) is 24.4 Å². The van der Waals surface area contributed by atoms with Crippen LogP contribution in [-0.4, -0.2) is 63.5 Å². The molecule has 0 spiro atoms.